The smallest absolute Gasteiger partial charge is 0.271 e. The van der Waals surface area contributed by atoms with Gasteiger partial charge in [0.15, 0.2) is 0 Å². The van der Waals surface area contributed by atoms with Crippen LogP contribution in [-0.4, -0.2) is 24.5 Å². The molecule has 1 amide bonds. The van der Waals surface area contributed by atoms with Crippen LogP contribution in [0.4, 0.5) is 5.69 Å². The van der Waals surface area contributed by atoms with Gasteiger partial charge < -0.3 is 5.32 Å². The number of hydrogen-bond acceptors (Lipinski definition) is 4. The lowest BCUT2D eigenvalue weighted by atomic mass is 10.2. The number of H-pyrrole nitrogens is 1. The molecule has 1 heterocycles. The molecule has 0 fully saturated rings. The van der Waals surface area contributed by atoms with Gasteiger partial charge in [0.1, 0.15) is 5.69 Å². The number of nitrogens with zero attached hydrogens (tertiary/aromatic N) is 1. The van der Waals surface area contributed by atoms with E-state index in [1.807, 2.05) is 30.3 Å². The Bertz CT molecular complexity index is 1040. The SMILES string of the molecule is C=Cc1ccc(S(=O)(=O)Nc2cn[nH]c2C(=O)NCc2ccccc2)cc1. The van der Waals surface area contributed by atoms with Crippen LogP contribution in [0.2, 0.25) is 0 Å². The van der Waals surface area contributed by atoms with E-state index in [4.69, 9.17) is 0 Å². The van der Waals surface area contributed by atoms with E-state index in [0.717, 1.165) is 11.1 Å². The number of carbonyl (C=O) groups excluding carboxylic acids is 1. The molecule has 3 rings (SSSR count). The third kappa shape index (κ3) is 4.42. The Hall–Kier alpha value is -3.39. The molecule has 0 saturated carbocycles. The Kier molecular flexibility index (Phi) is 5.37. The highest BCUT2D eigenvalue weighted by molar-refractivity contribution is 7.92. The predicted octanol–water partition coefficient (Wildman–Crippen LogP) is 2.78. The van der Waals surface area contributed by atoms with Crippen LogP contribution in [0.3, 0.4) is 0 Å². The highest BCUT2D eigenvalue weighted by Gasteiger charge is 2.20. The topological polar surface area (TPSA) is 104 Å². The van der Waals surface area contributed by atoms with E-state index >= 15 is 0 Å². The molecule has 138 valence electrons. The van der Waals surface area contributed by atoms with Crippen molar-refractivity contribution in [2.45, 2.75) is 11.4 Å². The number of anilines is 1. The van der Waals surface area contributed by atoms with Crippen LogP contribution in [0, 0.1) is 0 Å². The minimum absolute atomic E-state index is 0.0391. The maximum Gasteiger partial charge on any atom is 0.271 e. The number of aromatic amines is 1. The molecule has 8 heteroatoms. The van der Waals surface area contributed by atoms with Crippen molar-refractivity contribution in [2.75, 3.05) is 4.72 Å². The van der Waals surface area contributed by atoms with E-state index in [1.54, 1.807) is 18.2 Å². The molecule has 1 aromatic heterocycles. The first kappa shape index (κ1) is 18.4. The number of nitrogens with one attached hydrogen (secondary N) is 3. The number of aromatic nitrogens is 2. The molecule has 0 spiro atoms. The van der Waals surface area contributed by atoms with Crippen LogP contribution >= 0.6 is 0 Å². The monoisotopic (exact) mass is 382 g/mol. The molecule has 0 aliphatic rings. The third-order valence-electron chi connectivity index (χ3n) is 3.83. The third-order valence-corrected chi connectivity index (χ3v) is 5.21. The lowest BCUT2D eigenvalue weighted by molar-refractivity contribution is 0.0947. The van der Waals surface area contributed by atoms with E-state index in [2.05, 4.69) is 26.8 Å². The molecule has 0 radical (unpaired) electrons. The maximum atomic E-state index is 12.5. The van der Waals surface area contributed by atoms with Gasteiger partial charge in [-0.1, -0.05) is 55.1 Å². The van der Waals surface area contributed by atoms with E-state index in [1.165, 1.54) is 18.3 Å². The molecule has 0 aliphatic heterocycles. The van der Waals surface area contributed by atoms with Crippen molar-refractivity contribution >= 4 is 27.7 Å². The van der Waals surface area contributed by atoms with Crippen molar-refractivity contribution in [3.63, 3.8) is 0 Å². The van der Waals surface area contributed by atoms with Gasteiger partial charge in [0, 0.05) is 6.54 Å². The summed E-state index contributed by atoms with van der Waals surface area (Å²) >= 11 is 0. The Balaban J connectivity index is 1.73. The van der Waals surface area contributed by atoms with Gasteiger partial charge in [-0.3, -0.25) is 14.6 Å². The van der Waals surface area contributed by atoms with Crippen LogP contribution in [0.15, 0.2) is 72.3 Å². The lowest BCUT2D eigenvalue weighted by Gasteiger charge is -2.09. The number of hydrogen-bond donors (Lipinski definition) is 3. The molecule has 0 atom stereocenters. The molecular formula is C19H18N4O3S. The van der Waals surface area contributed by atoms with E-state index in [9.17, 15) is 13.2 Å². The lowest BCUT2D eigenvalue weighted by Crippen LogP contribution is -2.25. The fraction of sp³-hybridized carbons (Fsp3) is 0.0526. The molecule has 27 heavy (non-hydrogen) atoms. The zero-order valence-corrected chi connectivity index (χ0v) is 15.2. The fourth-order valence-electron chi connectivity index (χ4n) is 2.39. The Labute approximate surface area is 157 Å². The van der Waals surface area contributed by atoms with Gasteiger partial charge in [-0.05, 0) is 23.3 Å². The normalized spacial score (nSPS) is 11.0. The second-order valence-corrected chi connectivity index (χ2v) is 7.39. The molecule has 3 N–H and O–H groups in total. The first-order valence-electron chi connectivity index (χ1n) is 8.10. The summed E-state index contributed by atoms with van der Waals surface area (Å²) in [5, 5.41) is 9.04. The average Bonchev–Trinajstić information content (AvgIpc) is 3.14. The summed E-state index contributed by atoms with van der Waals surface area (Å²) in [7, 11) is -3.86. The van der Waals surface area contributed by atoms with E-state index in [0.29, 0.717) is 6.54 Å². The zero-order valence-electron chi connectivity index (χ0n) is 14.3. The van der Waals surface area contributed by atoms with Crippen molar-refractivity contribution in [1.29, 1.82) is 0 Å². The Morgan fingerprint density at radius 3 is 2.48 bits per heavy atom. The first-order chi connectivity index (χ1) is 13.0. The molecular weight excluding hydrogens is 364 g/mol. The van der Waals surface area contributed by atoms with Gasteiger partial charge >= 0.3 is 0 Å². The number of amides is 1. The van der Waals surface area contributed by atoms with Crippen molar-refractivity contribution in [1.82, 2.24) is 15.5 Å². The second kappa shape index (κ2) is 7.88. The molecule has 0 bridgehead atoms. The summed E-state index contributed by atoms with van der Waals surface area (Å²) in [4.78, 5) is 12.5. The van der Waals surface area contributed by atoms with Crippen LogP contribution in [0.25, 0.3) is 6.08 Å². The zero-order chi connectivity index (χ0) is 19.3. The van der Waals surface area contributed by atoms with Crippen LogP contribution in [0.1, 0.15) is 21.6 Å². The van der Waals surface area contributed by atoms with Crippen LogP contribution in [-0.2, 0) is 16.6 Å². The Morgan fingerprint density at radius 1 is 1.11 bits per heavy atom. The average molecular weight is 382 g/mol. The predicted molar refractivity (Wildman–Crippen MR) is 104 cm³/mol. The number of sulfonamides is 1. The second-order valence-electron chi connectivity index (χ2n) is 5.71. The molecule has 7 nitrogen and oxygen atoms in total. The summed E-state index contributed by atoms with van der Waals surface area (Å²) in [6, 6.07) is 15.6. The van der Waals surface area contributed by atoms with Crippen LogP contribution in [0.5, 0.6) is 0 Å². The first-order valence-corrected chi connectivity index (χ1v) is 9.59. The number of rotatable bonds is 7. The van der Waals surface area contributed by atoms with Crippen molar-refractivity contribution in [3.8, 4) is 0 Å². The van der Waals surface area contributed by atoms with Gasteiger partial charge in [0.25, 0.3) is 15.9 Å². The minimum atomic E-state index is -3.86. The molecule has 0 unspecified atom stereocenters. The Morgan fingerprint density at radius 2 is 1.81 bits per heavy atom. The summed E-state index contributed by atoms with van der Waals surface area (Å²) in [6.07, 6.45) is 2.88. The van der Waals surface area contributed by atoms with E-state index in [-0.39, 0.29) is 16.3 Å². The van der Waals surface area contributed by atoms with Gasteiger partial charge in [0.05, 0.1) is 16.8 Å². The maximum absolute atomic E-state index is 12.5. The van der Waals surface area contributed by atoms with Gasteiger partial charge in [0.2, 0.25) is 0 Å². The standard InChI is InChI=1S/C19H18N4O3S/c1-2-14-8-10-16(11-9-14)27(25,26)23-17-13-21-22-18(17)19(24)20-12-15-6-4-3-5-7-15/h2-11,13,23H,1,12H2,(H,20,24)(H,21,22). The van der Waals surface area contributed by atoms with Crippen molar-refractivity contribution in [3.05, 3.63) is 84.2 Å². The highest BCUT2D eigenvalue weighted by atomic mass is 32.2. The van der Waals surface area contributed by atoms with Gasteiger partial charge in [-0.15, -0.1) is 0 Å². The summed E-state index contributed by atoms with van der Waals surface area (Å²) in [5.41, 5.74) is 1.85. The van der Waals surface area contributed by atoms with Crippen molar-refractivity contribution in [2.24, 2.45) is 0 Å². The number of carbonyl (C=O) groups is 1. The number of benzene rings is 2. The summed E-state index contributed by atoms with van der Waals surface area (Å²) < 4.78 is 27.5. The summed E-state index contributed by atoms with van der Waals surface area (Å²) in [5.74, 6) is -0.462. The fourth-order valence-corrected chi connectivity index (χ4v) is 3.45. The minimum Gasteiger partial charge on any atom is -0.347 e. The highest BCUT2D eigenvalue weighted by Crippen LogP contribution is 2.19. The molecule has 0 saturated heterocycles. The molecule has 0 aliphatic carbocycles. The van der Waals surface area contributed by atoms with Crippen LogP contribution < -0.4 is 10.0 Å². The molecule has 3 aromatic rings. The largest absolute Gasteiger partial charge is 0.347 e. The molecule has 2 aromatic carbocycles. The summed E-state index contributed by atoms with van der Waals surface area (Å²) in [6.45, 7) is 3.95. The van der Waals surface area contributed by atoms with Crippen molar-refractivity contribution < 1.29 is 13.2 Å². The van der Waals surface area contributed by atoms with E-state index < -0.39 is 15.9 Å². The quantitative estimate of drug-likeness (QED) is 0.584. The van der Waals surface area contributed by atoms with Gasteiger partial charge in [-0.25, -0.2) is 8.42 Å². The van der Waals surface area contributed by atoms with Gasteiger partial charge in [-0.2, -0.15) is 5.10 Å².